The Morgan fingerprint density at radius 3 is 2.46 bits per heavy atom. The van der Waals surface area contributed by atoms with Crippen molar-refractivity contribution in [2.75, 3.05) is 20.2 Å². The maximum absolute atomic E-state index is 12.4. The molecule has 0 spiro atoms. The van der Waals surface area contributed by atoms with Gasteiger partial charge in [-0.2, -0.15) is 0 Å². The quantitative estimate of drug-likeness (QED) is 0.487. The molecule has 4 rings (SSSR count). The number of fused-ring (bicyclic) bond motifs is 3. The number of methoxy groups -OCH3 is 1. The Labute approximate surface area is 168 Å². The maximum Gasteiger partial charge on any atom is 0.266 e. The number of hydrogen-bond donors (Lipinski definition) is 1. The van der Waals surface area contributed by atoms with Crippen molar-refractivity contribution in [1.29, 1.82) is 0 Å². The zero-order chi connectivity index (χ0) is 19.7. The van der Waals surface area contributed by atoms with Crippen LogP contribution in [-0.4, -0.2) is 30.1 Å². The lowest BCUT2D eigenvalue weighted by Gasteiger charge is -2.18. The van der Waals surface area contributed by atoms with Gasteiger partial charge in [0.05, 0.1) is 7.11 Å². The number of H-pyrrole nitrogens is 1. The van der Waals surface area contributed by atoms with Gasteiger partial charge in [-0.1, -0.05) is 38.1 Å². The van der Waals surface area contributed by atoms with Gasteiger partial charge in [0.15, 0.2) is 0 Å². The minimum absolute atomic E-state index is 0.0387. The molecule has 0 aliphatic carbocycles. The van der Waals surface area contributed by atoms with Gasteiger partial charge in [-0.15, -0.1) is 11.3 Å². The third kappa shape index (κ3) is 3.21. The van der Waals surface area contributed by atoms with E-state index in [1.807, 2.05) is 23.6 Å². The fraction of sp³-hybridized carbons (Fsp3) is 0.261. The van der Waals surface area contributed by atoms with Gasteiger partial charge in [-0.3, -0.25) is 9.69 Å². The van der Waals surface area contributed by atoms with Crippen LogP contribution < -0.4 is 10.3 Å². The average molecular weight is 393 g/mol. The van der Waals surface area contributed by atoms with E-state index >= 15 is 0 Å². The van der Waals surface area contributed by atoms with Gasteiger partial charge >= 0.3 is 0 Å². The van der Waals surface area contributed by atoms with Crippen LogP contribution in [0.15, 0.2) is 52.6 Å². The van der Waals surface area contributed by atoms with E-state index in [9.17, 15) is 4.79 Å². The molecule has 144 valence electrons. The summed E-state index contributed by atoms with van der Waals surface area (Å²) in [4.78, 5) is 17.8. The number of aromatic nitrogens is 1. The fourth-order valence-corrected chi connectivity index (χ4v) is 4.56. The monoisotopic (exact) mass is 392 g/mol. The molecule has 4 nitrogen and oxygen atoms in total. The van der Waals surface area contributed by atoms with Crippen LogP contribution >= 0.6 is 11.3 Å². The molecule has 5 heteroatoms. The summed E-state index contributed by atoms with van der Waals surface area (Å²) < 4.78 is 6.45. The molecule has 2 heterocycles. The van der Waals surface area contributed by atoms with Crippen LogP contribution in [0.2, 0.25) is 0 Å². The molecular formula is C23H24N2O2S. The minimum atomic E-state index is -0.0387. The van der Waals surface area contributed by atoms with E-state index in [0.717, 1.165) is 57.5 Å². The van der Waals surface area contributed by atoms with E-state index in [1.54, 1.807) is 7.11 Å². The summed E-state index contributed by atoms with van der Waals surface area (Å²) in [6.07, 6.45) is 0. The first-order valence-corrected chi connectivity index (χ1v) is 10.5. The van der Waals surface area contributed by atoms with Crippen molar-refractivity contribution in [1.82, 2.24) is 9.88 Å². The number of rotatable bonds is 6. The molecule has 0 bridgehead atoms. The summed E-state index contributed by atoms with van der Waals surface area (Å²) >= 11 is 1.47. The second-order valence-corrected chi connectivity index (χ2v) is 7.76. The van der Waals surface area contributed by atoms with E-state index < -0.39 is 0 Å². The van der Waals surface area contributed by atoms with Crippen molar-refractivity contribution >= 4 is 32.3 Å². The van der Waals surface area contributed by atoms with Gasteiger partial charge in [-0.25, -0.2) is 0 Å². The van der Waals surface area contributed by atoms with E-state index in [4.69, 9.17) is 4.74 Å². The van der Waals surface area contributed by atoms with E-state index in [2.05, 4.69) is 48.0 Å². The lowest BCUT2D eigenvalue weighted by Crippen LogP contribution is -2.21. The normalized spacial score (nSPS) is 11.6. The molecule has 0 atom stereocenters. The lowest BCUT2D eigenvalue weighted by atomic mass is 9.96. The number of nitrogens with zero attached hydrogens (tertiary/aromatic N) is 1. The van der Waals surface area contributed by atoms with Crippen molar-refractivity contribution in [3.05, 3.63) is 63.8 Å². The first-order valence-electron chi connectivity index (χ1n) is 9.58. The van der Waals surface area contributed by atoms with Crippen LogP contribution in [0.4, 0.5) is 0 Å². The summed E-state index contributed by atoms with van der Waals surface area (Å²) in [5.41, 5.74) is 4.20. The molecule has 0 amide bonds. The predicted octanol–water partition coefficient (Wildman–Crippen LogP) is 5.26. The highest BCUT2D eigenvalue weighted by Gasteiger charge is 2.16. The summed E-state index contributed by atoms with van der Waals surface area (Å²) in [6.45, 7) is 7.40. The Morgan fingerprint density at radius 1 is 1.04 bits per heavy atom. The van der Waals surface area contributed by atoms with Crippen molar-refractivity contribution in [3.63, 3.8) is 0 Å². The second-order valence-electron chi connectivity index (χ2n) is 6.84. The number of hydrogen-bond acceptors (Lipinski definition) is 4. The fourth-order valence-electron chi connectivity index (χ4n) is 3.77. The highest BCUT2D eigenvalue weighted by molar-refractivity contribution is 7.17. The van der Waals surface area contributed by atoms with Gasteiger partial charge in [0.2, 0.25) is 0 Å². The maximum atomic E-state index is 12.4. The molecule has 0 radical (unpaired) electrons. The molecule has 0 aliphatic heterocycles. The molecule has 0 fully saturated rings. The molecule has 0 unspecified atom stereocenters. The van der Waals surface area contributed by atoms with Crippen LogP contribution in [0.5, 0.6) is 5.75 Å². The first kappa shape index (κ1) is 18.7. The van der Waals surface area contributed by atoms with Gasteiger partial charge in [-0.05, 0) is 47.8 Å². The largest absolute Gasteiger partial charge is 0.496 e. The van der Waals surface area contributed by atoms with Gasteiger partial charge < -0.3 is 9.72 Å². The topological polar surface area (TPSA) is 45.3 Å². The number of nitrogens with one attached hydrogen (secondary N) is 1. The van der Waals surface area contributed by atoms with Crippen molar-refractivity contribution in [2.24, 2.45) is 0 Å². The summed E-state index contributed by atoms with van der Waals surface area (Å²) in [5, 5.41) is 3.98. The smallest absolute Gasteiger partial charge is 0.266 e. The summed E-state index contributed by atoms with van der Waals surface area (Å²) in [5.74, 6) is 0.809. The van der Waals surface area contributed by atoms with E-state index in [-0.39, 0.29) is 5.56 Å². The molecule has 2 aromatic carbocycles. The third-order valence-electron chi connectivity index (χ3n) is 5.32. The molecule has 0 saturated heterocycles. The number of aromatic amines is 1. The SMILES string of the molecule is CCN(CC)Cc1ccc(-c2c(OC)ccc3[nH]c(=O)c4sccc4c23)cc1. The average Bonchev–Trinajstić information content (AvgIpc) is 3.22. The van der Waals surface area contributed by atoms with Crippen LogP contribution in [-0.2, 0) is 6.54 Å². The van der Waals surface area contributed by atoms with Gasteiger partial charge in [0.1, 0.15) is 10.4 Å². The molecule has 4 aromatic rings. The Kier molecular flexibility index (Phi) is 5.20. The lowest BCUT2D eigenvalue weighted by molar-refractivity contribution is 0.296. The first-order chi connectivity index (χ1) is 13.7. The number of thiophene rings is 1. The molecule has 2 aromatic heterocycles. The molecule has 28 heavy (non-hydrogen) atoms. The van der Waals surface area contributed by atoms with Crippen LogP contribution in [0.25, 0.3) is 32.1 Å². The third-order valence-corrected chi connectivity index (χ3v) is 6.23. The Bertz CT molecular complexity index is 1170. The van der Waals surface area contributed by atoms with Gasteiger partial charge in [0, 0.05) is 28.4 Å². The Morgan fingerprint density at radius 2 is 1.79 bits per heavy atom. The highest BCUT2D eigenvalue weighted by atomic mass is 32.1. The molecule has 1 N–H and O–H groups in total. The zero-order valence-corrected chi connectivity index (χ0v) is 17.2. The second kappa shape index (κ2) is 7.78. The number of benzene rings is 2. The highest BCUT2D eigenvalue weighted by Crippen LogP contribution is 2.40. The van der Waals surface area contributed by atoms with Crippen LogP contribution in [0.3, 0.4) is 0 Å². The van der Waals surface area contributed by atoms with Gasteiger partial charge in [0.25, 0.3) is 5.56 Å². The summed E-state index contributed by atoms with van der Waals surface area (Å²) in [7, 11) is 1.69. The van der Waals surface area contributed by atoms with Crippen LogP contribution in [0.1, 0.15) is 19.4 Å². The summed E-state index contributed by atoms with van der Waals surface area (Å²) in [6, 6.07) is 14.5. The standard InChI is InChI=1S/C23H24N2O2S/c1-4-25(5-2)14-15-6-8-16(9-7-15)20-19(27-3)11-10-18-21(20)17-12-13-28-22(17)23(26)24-18/h6-13H,4-5,14H2,1-3H3,(H,24,26). The van der Waals surface area contributed by atoms with E-state index in [0.29, 0.717) is 0 Å². The minimum Gasteiger partial charge on any atom is -0.496 e. The molecular weight excluding hydrogens is 368 g/mol. The predicted molar refractivity (Wildman–Crippen MR) is 119 cm³/mol. The Hall–Kier alpha value is -2.63. The molecule has 0 saturated carbocycles. The zero-order valence-electron chi connectivity index (χ0n) is 16.4. The number of ether oxygens (including phenoxy) is 1. The van der Waals surface area contributed by atoms with Crippen molar-refractivity contribution in [3.8, 4) is 16.9 Å². The van der Waals surface area contributed by atoms with E-state index in [1.165, 1.54) is 16.9 Å². The van der Waals surface area contributed by atoms with Crippen LogP contribution in [0, 0.1) is 0 Å². The van der Waals surface area contributed by atoms with Crippen molar-refractivity contribution in [2.45, 2.75) is 20.4 Å². The van der Waals surface area contributed by atoms with Crippen molar-refractivity contribution < 1.29 is 4.74 Å². The Balaban J connectivity index is 1.90. The number of pyridine rings is 1. The molecule has 0 aliphatic rings.